The zero-order valence-electron chi connectivity index (χ0n) is 23.2. The Morgan fingerprint density at radius 3 is 1.60 bits per heavy atom. The fourth-order valence-electron chi connectivity index (χ4n) is 6.61. The summed E-state index contributed by atoms with van der Waals surface area (Å²) in [4.78, 5) is 7.85. The minimum absolute atomic E-state index is 0.637. The van der Waals surface area contributed by atoms with Gasteiger partial charge in [0.25, 0.3) is 0 Å². The Hall–Kier alpha value is -2.69. The topological polar surface area (TPSA) is 6.48 Å². The third kappa shape index (κ3) is 6.61. The number of halogens is 1. The van der Waals surface area contributed by atoms with E-state index in [4.69, 9.17) is 0 Å². The van der Waals surface area contributed by atoms with Gasteiger partial charge < -0.3 is 9.80 Å². The summed E-state index contributed by atoms with van der Waals surface area (Å²) in [6, 6.07) is 39.0. The van der Waals surface area contributed by atoms with Crippen LogP contribution in [0, 0.1) is 0 Å². The van der Waals surface area contributed by atoms with Crippen LogP contribution in [-0.4, -0.2) is 12.1 Å². The van der Waals surface area contributed by atoms with Crippen molar-refractivity contribution < 1.29 is 0 Å². The van der Waals surface area contributed by atoms with Crippen LogP contribution in [0.4, 0.5) is 22.7 Å². The van der Waals surface area contributed by atoms with Gasteiger partial charge in [-0.2, -0.15) is 0 Å². The summed E-state index contributed by atoms with van der Waals surface area (Å²) in [6.45, 7) is 0. The average Bonchev–Trinajstić information content (AvgIpc) is 3.00. The van der Waals surface area contributed by atoms with E-state index < -0.39 is 0 Å². The van der Waals surface area contributed by atoms with Crippen molar-refractivity contribution in [2.45, 2.75) is 86.1 Å². The van der Waals surface area contributed by atoms with Crippen molar-refractivity contribution in [1.82, 2.24) is 0 Å². The van der Waals surface area contributed by atoms with Gasteiger partial charge in [0.05, 0.1) is 0 Å². The maximum atomic E-state index is 3.69. The molecule has 0 amide bonds. The van der Waals surface area contributed by atoms with Crippen LogP contribution in [0.5, 0.6) is 0 Å². The summed E-state index contributed by atoms with van der Waals surface area (Å²) >= 11 is 5.55. The van der Waals surface area contributed by atoms with Crippen molar-refractivity contribution in [2.75, 3.05) is 9.80 Å². The van der Waals surface area contributed by atoms with Crippen molar-refractivity contribution in [3.05, 3.63) is 108 Å². The number of hydrogen-bond donors (Lipinski definition) is 0. The zero-order valence-corrected chi connectivity index (χ0v) is 25.6. The molecule has 206 valence electrons. The molecule has 0 aliphatic heterocycles. The Balaban J connectivity index is 1.49. The predicted octanol–water partition coefficient (Wildman–Crippen LogP) is 11.5. The molecule has 2 nitrogen and oxygen atoms in total. The van der Waals surface area contributed by atoms with Crippen LogP contribution in [0.25, 0.3) is 0 Å². The summed E-state index contributed by atoms with van der Waals surface area (Å²) in [5.74, 6) is 0. The summed E-state index contributed by atoms with van der Waals surface area (Å²) < 4.78 is 1.12. The first kappa shape index (κ1) is 27.5. The van der Waals surface area contributed by atoms with E-state index in [-0.39, 0.29) is 0 Å². The van der Waals surface area contributed by atoms with E-state index in [9.17, 15) is 0 Å². The van der Waals surface area contributed by atoms with Crippen molar-refractivity contribution in [2.24, 2.45) is 0 Å². The fourth-order valence-corrected chi connectivity index (χ4v) is 8.13. The smallest absolute Gasteiger partial charge is 0.0493 e. The first-order valence-electron chi connectivity index (χ1n) is 15.0. The Morgan fingerprint density at radius 2 is 1.05 bits per heavy atom. The van der Waals surface area contributed by atoms with Gasteiger partial charge in [-0.05, 0) is 86.3 Å². The van der Waals surface area contributed by atoms with Gasteiger partial charge in [-0.15, -0.1) is 0 Å². The minimum Gasteiger partial charge on any atom is -0.365 e. The summed E-state index contributed by atoms with van der Waals surface area (Å²) in [5.41, 5.74) is 4.99. The average molecular weight is 612 g/mol. The van der Waals surface area contributed by atoms with Crippen molar-refractivity contribution in [1.29, 1.82) is 0 Å². The molecule has 4 aromatic rings. The highest BCUT2D eigenvalue weighted by Gasteiger charge is 2.30. The van der Waals surface area contributed by atoms with Gasteiger partial charge >= 0.3 is 0 Å². The molecule has 40 heavy (non-hydrogen) atoms. The van der Waals surface area contributed by atoms with E-state index in [1.807, 2.05) is 11.8 Å². The van der Waals surface area contributed by atoms with Gasteiger partial charge in [0.15, 0.2) is 0 Å². The van der Waals surface area contributed by atoms with Gasteiger partial charge in [0.2, 0.25) is 0 Å². The first-order chi connectivity index (χ1) is 19.7. The maximum Gasteiger partial charge on any atom is 0.0493 e. The maximum absolute atomic E-state index is 3.69. The summed E-state index contributed by atoms with van der Waals surface area (Å²) in [7, 11) is 0. The van der Waals surface area contributed by atoms with E-state index in [0.29, 0.717) is 12.1 Å². The quantitative estimate of drug-likeness (QED) is 0.196. The molecule has 2 fully saturated rings. The van der Waals surface area contributed by atoms with Crippen LogP contribution in [0.2, 0.25) is 0 Å². The van der Waals surface area contributed by atoms with Gasteiger partial charge in [-0.3, -0.25) is 0 Å². The molecule has 0 unspecified atom stereocenters. The van der Waals surface area contributed by atoms with E-state index in [1.165, 1.54) is 96.7 Å². The first-order valence-corrected chi connectivity index (χ1v) is 16.6. The highest BCUT2D eigenvalue weighted by Crippen LogP contribution is 2.43. The molecule has 0 bridgehead atoms. The monoisotopic (exact) mass is 610 g/mol. The Bertz CT molecular complexity index is 1310. The molecular formula is C36H39BrN2S. The standard InChI is InChI=1S/C36H39BrN2S/c37-28-14-13-23-35(24-28)40-36-26-33(38(29-15-5-1-6-16-29)30-17-7-2-8-18-30)25-34(27-36)39(31-19-9-3-10-20-31)32-21-11-4-12-22-32/h1-2,5-8,13-18,23-27,31-32H,3-4,9-12,19-22H2. The second-order valence-electron chi connectivity index (χ2n) is 11.2. The minimum atomic E-state index is 0.637. The molecule has 0 saturated heterocycles. The normalized spacial score (nSPS) is 16.5. The molecule has 2 saturated carbocycles. The fraction of sp³-hybridized carbons (Fsp3) is 0.333. The van der Waals surface area contributed by atoms with Gasteiger partial charge in [0, 0.05) is 49.1 Å². The Kier molecular flexibility index (Phi) is 9.15. The number of benzene rings is 4. The SMILES string of the molecule is Brc1cccc(Sc2cc(N(c3ccccc3)c3ccccc3)cc(N(C3CCCCC3)C3CCCCC3)c2)c1. The molecule has 4 heteroatoms. The molecule has 0 radical (unpaired) electrons. The van der Waals surface area contributed by atoms with Crippen molar-refractivity contribution >= 4 is 50.4 Å². The molecule has 2 aliphatic carbocycles. The predicted molar refractivity (Wildman–Crippen MR) is 176 cm³/mol. The Labute approximate surface area is 252 Å². The lowest BCUT2D eigenvalue weighted by molar-refractivity contribution is 0.340. The van der Waals surface area contributed by atoms with E-state index in [0.717, 1.165) is 4.47 Å². The van der Waals surface area contributed by atoms with E-state index in [1.54, 1.807) is 0 Å². The molecule has 2 aliphatic rings. The van der Waals surface area contributed by atoms with E-state index >= 15 is 0 Å². The molecule has 0 atom stereocenters. The van der Waals surface area contributed by atoms with Crippen molar-refractivity contribution in [3.8, 4) is 0 Å². The van der Waals surface area contributed by atoms with Crippen LogP contribution < -0.4 is 9.80 Å². The van der Waals surface area contributed by atoms with Crippen LogP contribution in [0.1, 0.15) is 64.2 Å². The molecule has 0 aromatic heterocycles. The molecular weight excluding hydrogens is 572 g/mol. The number of hydrogen-bond acceptors (Lipinski definition) is 3. The third-order valence-electron chi connectivity index (χ3n) is 8.43. The summed E-state index contributed by atoms with van der Waals surface area (Å²) in [6.07, 6.45) is 13.4. The largest absolute Gasteiger partial charge is 0.365 e. The summed E-state index contributed by atoms with van der Waals surface area (Å²) in [5, 5.41) is 0. The molecule has 6 rings (SSSR count). The molecule has 4 aromatic carbocycles. The van der Waals surface area contributed by atoms with Crippen molar-refractivity contribution in [3.63, 3.8) is 0 Å². The van der Waals surface area contributed by atoms with Crippen LogP contribution >= 0.6 is 27.7 Å². The van der Waals surface area contributed by atoms with Gasteiger partial charge in [0.1, 0.15) is 0 Å². The molecule has 0 spiro atoms. The molecule has 0 N–H and O–H groups in total. The highest BCUT2D eigenvalue weighted by molar-refractivity contribution is 9.10. The lowest BCUT2D eigenvalue weighted by atomic mass is 9.88. The van der Waals surface area contributed by atoms with E-state index in [2.05, 4.69) is 129 Å². The number of nitrogens with zero attached hydrogens (tertiary/aromatic N) is 2. The van der Waals surface area contributed by atoms with Crippen LogP contribution in [-0.2, 0) is 0 Å². The van der Waals surface area contributed by atoms with Crippen LogP contribution in [0.15, 0.2) is 117 Å². The number of anilines is 4. The highest BCUT2D eigenvalue weighted by atomic mass is 79.9. The number of rotatable bonds is 8. The second-order valence-corrected chi connectivity index (χ2v) is 13.3. The van der Waals surface area contributed by atoms with Gasteiger partial charge in [-0.1, -0.05) is 109 Å². The third-order valence-corrected chi connectivity index (χ3v) is 9.88. The zero-order chi connectivity index (χ0) is 27.1. The lowest BCUT2D eigenvalue weighted by Crippen LogP contribution is -2.45. The lowest BCUT2D eigenvalue weighted by Gasteiger charge is -2.44. The molecule has 0 heterocycles. The van der Waals surface area contributed by atoms with Gasteiger partial charge in [-0.25, -0.2) is 0 Å². The Morgan fingerprint density at radius 1 is 0.500 bits per heavy atom. The second kappa shape index (κ2) is 13.3. The number of para-hydroxylation sites is 2. The van der Waals surface area contributed by atoms with Crippen LogP contribution in [0.3, 0.4) is 0 Å².